The largest absolute Gasteiger partial charge is 0.378 e. The van der Waals surface area contributed by atoms with Gasteiger partial charge in [-0.2, -0.15) is 0 Å². The number of nitrogens with one attached hydrogen (secondary N) is 3. The Kier molecular flexibility index (Phi) is 8.04. The zero-order valence-corrected chi connectivity index (χ0v) is 25.7. The molecule has 2 aromatic heterocycles. The first kappa shape index (κ1) is 29.6. The summed E-state index contributed by atoms with van der Waals surface area (Å²) in [6.07, 6.45) is 3.65. The number of hydrogen-bond donors (Lipinski definition) is 3. The van der Waals surface area contributed by atoms with Gasteiger partial charge in [-0.3, -0.25) is 9.52 Å². The Morgan fingerprint density at radius 1 is 1.07 bits per heavy atom. The average Bonchev–Trinajstić information content (AvgIpc) is 3.69. The van der Waals surface area contributed by atoms with Gasteiger partial charge in [0.25, 0.3) is 0 Å². The van der Waals surface area contributed by atoms with Gasteiger partial charge in [0, 0.05) is 49.3 Å². The Balaban J connectivity index is 1.17. The monoisotopic (exact) mass is 615 g/mol. The molecule has 3 N–H and O–H groups in total. The van der Waals surface area contributed by atoms with E-state index in [0.29, 0.717) is 31.0 Å². The number of carbonyl (C=O) groups is 1. The van der Waals surface area contributed by atoms with Gasteiger partial charge in [0.2, 0.25) is 15.9 Å². The molecule has 0 saturated carbocycles. The molecule has 0 aliphatic carbocycles. The summed E-state index contributed by atoms with van der Waals surface area (Å²) in [5.41, 5.74) is 4.59. The quantitative estimate of drug-likeness (QED) is 0.241. The number of carbonyl (C=O) groups excluding carboxylic acids is 1. The van der Waals surface area contributed by atoms with Gasteiger partial charge in [-0.05, 0) is 67.8 Å². The highest BCUT2D eigenvalue weighted by atomic mass is 32.2. The first-order chi connectivity index (χ1) is 21.1. The van der Waals surface area contributed by atoms with Crippen molar-refractivity contribution in [2.24, 2.45) is 0 Å². The van der Waals surface area contributed by atoms with E-state index in [1.807, 2.05) is 42.5 Å². The SMILES string of the molecule is C=CC(=O)N[C@H]1CCN(c2cccc(C(C)(C)S(=O)(=O)Nc3ccc(-c4cc5c(N6CCOCC6)ncnc5[nH]4)cc3)c2)C1. The Labute approximate surface area is 257 Å². The van der Waals surface area contributed by atoms with Crippen molar-refractivity contribution in [3.05, 3.63) is 79.1 Å². The van der Waals surface area contributed by atoms with Crippen molar-refractivity contribution in [1.82, 2.24) is 20.3 Å². The predicted molar refractivity (Wildman–Crippen MR) is 173 cm³/mol. The molecule has 2 aliphatic rings. The van der Waals surface area contributed by atoms with Crippen molar-refractivity contribution in [3.8, 4) is 11.3 Å². The highest BCUT2D eigenvalue weighted by molar-refractivity contribution is 7.93. The fourth-order valence-corrected chi connectivity index (χ4v) is 6.85. The van der Waals surface area contributed by atoms with Crippen molar-refractivity contribution in [2.75, 3.05) is 53.9 Å². The second-order valence-electron chi connectivity index (χ2n) is 11.6. The van der Waals surface area contributed by atoms with Gasteiger partial charge >= 0.3 is 0 Å². The number of nitrogens with zero attached hydrogens (tertiary/aromatic N) is 4. The third-order valence-electron chi connectivity index (χ3n) is 8.46. The molecule has 1 atom stereocenters. The van der Waals surface area contributed by atoms with Gasteiger partial charge in [-0.15, -0.1) is 0 Å². The summed E-state index contributed by atoms with van der Waals surface area (Å²) < 4.78 is 34.5. The summed E-state index contributed by atoms with van der Waals surface area (Å²) in [5, 5.41) is 3.88. The number of rotatable bonds is 9. The van der Waals surface area contributed by atoms with Gasteiger partial charge in [0.05, 0.1) is 18.6 Å². The van der Waals surface area contributed by atoms with Gasteiger partial charge in [-0.1, -0.05) is 30.8 Å². The number of aromatic nitrogens is 3. The number of morpholine rings is 1. The Hall–Kier alpha value is -4.42. The maximum atomic E-state index is 13.7. The standard InChI is InChI=1S/C32H37N7O4S/c1-4-29(40)35-25-12-13-39(20-25)26-7-5-6-23(18-26)32(2,3)44(41,42)37-24-10-8-22(9-11-24)28-19-27-30(36-28)33-21-34-31(27)38-14-16-43-17-15-38/h4-11,18-19,21,25,37H,1,12-17,20H2,2-3H3,(H,35,40)(H,33,34,36)/t25-/m0/s1. The van der Waals surface area contributed by atoms with Gasteiger partial charge in [0.15, 0.2) is 0 Å². The van der Waals surface area contributed by atoms with E-state index in [1.54, 1.807) is 32.3 Å². The normalized spacial score (nSPS) is 17.5. The lowest BCUT2D eigenvalue weighted by Crippen LogP contribution is -2.36. The second kappa shape index (κ2) is 11.9. The van der Waals surface area contributed by atoms with Crippen LogP contribution >= 0.6 is 0 Å². The molecule has 2 saturated heterocycles. The van der Waals surface area contributed by atoms with E-state index >= 15 is 0 Å². The van der Waals surface area contributed by atoms with E-state index in [4.69, 9.17) is 4.74 Å². The fourth-order valence-electron chi connectivity index (χ4n) is 5.71. The van der Waals surface area contributed by atoms with E-state index in [2.05, 4.69) is 41.4 Å². The van der Waals surface area contributed by atoms with Crippen LogP contribution in [0.25, 0.3) is 22.3 Å². The Bertz CT molecular complexity index is 1780. The highest BCUT2D eigenvalue weighted by Crippen LogP contribution is 2.35. The molecule has 1 amide bonds. The minimum absolute atomic E-state index is 0.0228. The lowest BCUT2D eigenvalue weighted by Gasteiger charge is -2.28. The predicted octanol–water partition coefficient (Wildman–Crippen LogP) is 4.02. The zero-order valence-electron chi connectivity index (χ0n) is 24.9. The topological polar surface area (TPSA) is 133 Å². The molecule has 6 rings (SSSR count). The summed E-state index contributed by atoms with van der Waals surface area (Å²) in [7, 11) is -3.83. The number of fused-ring (bicyclic) bond motifs is 1. The van der Waals surface area contributed by atoms with Crippen molar-refractivity contribution < 1.29 is 17.9 Å². The van der Waals surface area contributed by atoms with Crippen molar-refractivity contribution >= 4 is 44.2 Å². The number of anilines is 3. The summed E-state index contributed by atoms with van der Waals surface area (Å²) in [5.74, 6) is 0.686. The van der Waals surface area contributed by atoms with Crippen molar-refractivity contribution in [3.63, 3.8) is 0 Å². The first-order valence-electron chi connectivity index (χ1n) is 14.7. The number of aromatic amines is 1. The lowest BCUT2D eigenvalue weighted by molar-refractivity contribution is -0.117. The van der Waals surface area contributed by atoms with Crippen molar-refractivity contribution in [1.29, 1.82) is 0 Å². The van der Waals surface area contributed by atoms with Crippen LogP contribution in [0.3, 0.4) is 0 Å². The molecule has 2 aliphatic heterocycles. The van der Waals surface area contributed by atoms with Crippen LogP contribution in [0.15, 0.2) is 73.6 Å². The third kappa shape index (κ3) is 5.87. The van der Waals surface area contributed by atoms with Crippen LogP contribution < -0.4 is 19.8 Å². The summed E-state index contributed by atoms with van der Waals surface area (Å²) in [6.45, 7) is 11.2. The third-order valence-corrected chi connectivity index (χ3v) is 10.5. The van der Waals surface area contributed by atoms with Crippen LogP contribution in [0.5, 0.6) is 0 Å². The van der Waals surface area contributed by atoms with Gasteiger partial charge in [0.1, 0.15) is 22.5 Å². The fraction of sp³-hybridized carbons (Fsp3) is 0.344. The minimum Gasteiger partial charge on any atom is -0.378 e. The number of benzene rings is 2. The smallest absolute Gasteiger partial charge is 0.243 e. The lowest BCUT2D eigenvalue weighted by atomic mass is 10.0. The number of amides is 1. The van der Waals surface area contributed by atoms with E-state index in [-0.39, 0.29) is 11.9 Å². The molecule has 44 heavy (non-hydrogen) atoms. The van der Waals surface area contributed by atoms with Crippen LogP contribution in [0.1, 0.15) is 25.8 Å². The molecule has 0 unspecified atom stereocenters. The molecule has 12 heteroatoms. The van der Waals surface area contributed by atoms with Crippen LogP contribution in [0, 0.1) is 0 Å². The van der Waals surface area contributed by atoms with E-state index in [9.17, 15) is 13.2 Å². The van der Waals surface area contributed by atoms with E-state index < -0.39 is 14.8 Å². The molecule has 2 aromatic carbocycles. The molecule has 4 aromatic rings. The summed E-state index contributed by atoms with van der Waals surface area (Å²) in [4.78, 5) is 28.4. The van der Waals surface area contributed by atoms with Crippen LogP contribution in [-0.2, 0) is 24.3 Å². The number of hydrogen-bond acceptors (Lipinski definition) is 8. The molecule has 0 spiro atoms. The highest BCUT2D eigenvalue weighted by Gasteiger charge is 2.37. The molecule has 2 fully saturated rings. The average molecular weight is 616 g/mol. The number of ether oxygens (including phenoxy) is 1. The summed E-state index contributed by atoms with van der Waals surface area (Å²) >= 11 is 0. The Morgan fingerprint density at radius 3 is 2.59 bits per heavy atom. The van der Waals surface area contributed by atoms with Gasteiger partial charge < -0.3 is 24.8 Å². The van der Waals surface area contributed by atoms with Crippen molar-refractivity contribution in [2.45, 2.75) is 31.1 Å². The van der Waals surface area contributed by atoms with Crippen LogP contribution in [0.2, 0.25) is 0 Å². The minimum atomic E-state index is -3.83. The first-order valence-corrected chi connectivity index (χ1v) is 16.2. The molecular weight excluding hydrogens is 578 g/mol. The van der Waals surface area contributed by atoms with Crippen LogP contribution in [0.4, 0.5) is 17.2 Å². The van der Waals surface area contributed by atoms with Crippen LogP contribution in [-0.4, -0.2) is 74.7 Å². The molecule has 0 radical (unpaired) electrons. The Morgan fingerprint density at radius 2 is 1.84 bits per heavy atom. The molecule has 4 heterocycles. The number of H-pyrrole nitrogens is 1. The van der Waals surface area contributed by atoms with E-state index in [0.717, 1.165) is 59.9 Å². The maximum Gasteiger partial charge on any atom is 0.243 e. The second-order valence-corrected chi connectivity index (χ2v) is 13.9. The molecule has 230 valence electrons. The van der Waals surface area contributed by atoms with Gasteiger partial charge in [-0.25, -0.2) is 18.4 Å². The molecule has 11 nitrogen and oxygen atoms in total. The van der Waals surface area contributed by atoms with E-state index in [1.165, 1.54) is 6.08 Å². The molecular formula is C32H37N7O4S. The number of sulfonamides is 1. The zero-order chi connectivity index (χ0) is 30.9. The summed E-state index contributed by atoms with van der Waals surface area (Å²) in [6, 6.07) is 17.0. The molecule has 0 bridgehead atoms. The maximum absolute atomic E-state index is 13.7.